The molecule has 0 atom stereocenters. The third kappa shape index (κ3) is 5.45. The molecule has 0 fully saturated rings. The molecule has 0 radical (unpaired) electrons. The second-order valence-corrected chi connectivity index (χ2v) is 6.02. The number of methoxy groups -OCH3 is 1. The first kappa shape index (κ1) is 18.7. The Labute approximate surface area is 148 Å². The molecule has 2 rings (SSSR count). The Bertz CT molecular complexity index is 732. The number of hydrogen-bond donors (Lipinski definition) is 0. The highest BCUT2D eigenvalue weighted by Crippen LogP contribution is 2.23. The lowest BCUT2D eigenvalue weighted by Gasteiger charge is -2.11. The molecule has 0 saturated heterocycles. The molecule has 0 aliphatic rings. The maximum Gasteiger partial charge on any atom is 0.311 e. The SMILES string of the molecule is CCCCC(=O)Oc1ccc(C)cc1CC(=O)c1ccc(OC)cc1. The number of ether oxygens (including phenoxy) is 2. The van der Waals surface area contributed by atoms with Crippen molar-refractivity contribution >= 4 is 11.8 Å². The number of aryl methyl sites for hydroxylation is 1. The lowest BCUT2D eigenvalue weighted by Crippen LogP contribution is -2.11. The highest BCUT2D eigenvalue weighted by atomic mass is 16.5. The first-order chi connectivity index (χ1) is 12.0. The predicted octanol–water partition coefficient (Wildman–Crippen LogP) is 4.52. The molecule has 0 aliphatic carbocycles. The number of carbonyl (C=O) groups excluding carboxylic acids is 2. The average Bonchev–Trinajstić information content (AvgIpc) is 2.62. The molecule has 132 valence electrons. The summed E-state index contributed by atoms with van der Waals surface area (Å²) in [7, 11) is 1.59. The Morgan fingerprint density at radius 2 is 1.76 bits per heavy atom. The summed E-state index contributed by atoms with van der Waals surface area (Å²) in [6.45, 7) is 3.97. The van der Waals surface area contributed by atoms with Crippen LogP contribution in [0.1, 0.15) is 47.7 Å². The summed E-state index contributed by atoms with van der Waals surface area (Å²) in [5, 5.41) is 0. The van der Waals surface area contributed by atoms with E-state index in [2.05, 4.69) is 0 Å². The summed E-state index contributed by atoms with van der Waals surface area (Å²) >= 11 is 0. The second-order valence-electron chi connectivity index (χ2n) is 6.02. The van der Waals surface area contributed by atoms with Gasteiger partial charge in [-0.3, -0.25) is 9.59 Å². The number of hydrogen-bond acceptors (Lipinski definition) is 4. The smallest absolute Gasteiger partial charge is 0.311 e. The van der Waals surface area contributed by atoms with E-state index in [4.69, 9.17) is 9.47 Å². The Morgan fingerprint density at radius 1 is 1.04 bits per heavy atom. The highest BCUT2D eigenvalue weighted by molar-refractivity contribution is 5.98. The molecule has 2 aromatic rings. The van der Waals surface area contributed by atoms with Gasteiger partial charge in [0.2, 0.25) is 0 Å². The molecule has 0 unspecified atom stereocenters. The average molecular weight is 340 g/mol. The fourth-order valence-corrected chi connectivity index (χ4v) is 2.49. The fourth-order valence-electron chi connectivity index (χ4n) is 2.49. The summed E-state index contributed by atoms with van der Waals surface area (Å²) in [6.07, 6.45) is 2.30. The Hall–Kier alpha value is -2.62. The quantitative estimate of drug-likeness (QED) is 0.403. The lowest BCUT2D eigenvalue weighted by molar-refractivity contribution is -0.134. The molecular formula is C21H24O4. The van der Waals surface area contributed by atoms with Crippen LogP contribution < -0.4 is 9.47 Å². The van der Waals surface area contributed by atoms with Crippen molar-refractivity contribution in [2.45, 2.75) is 39.5 Å². The van der Waals surface area contributed by atoms with E-state index in [0.717, 1.165) is 24.0 Å². The molecule has 0 spiro atoms. The maximum atomic E-state index is 12.6. The highest BCUT2D eigenvalue weighted by Gasteiger charge is 2.14. The van der Waals surface area contributed by atoms with Gasteiger partial charge in [0.15, 0.2) is 5.78 Å². The van der Waals surface area contributed by atoms with Crippen LogP contribution in [0.15, 0.2) is 42.5 Å². The molecule has 0 heterocycles. The largest absolute Gasteiger partial charge is 0.497 e. The van der Waals surface area contributed by atoms with Crippen LogP contribution in [0.25, 0.3) is 0 Å². The van der Waals surface area contributed by atoms with Gasteiger partial charge >= 0.3 is 5.97 Å². The number of unbranched alkanes of at least 4 members (excludes halogenated alkanes) is 1. The molecule has 4 nitrogen and oxygen atoms in total. The van der Waals surface area contributed by atoms with Crippen LogP contribution in [0.2, 0.25) is 0 Å². The van der Waals surface area contributed by atoms with Gasteiger partial charge in [0.05, 0.1) is 7.11 Å². The summed E-state index contributed by atoms with van der Waals surface area (Å²) in [4.78, 5) is 24.5. The first-order valence-corrected chi connectivity index (χ1v) is 8.51. The Balaban J connectivity index is 2.15. The predicted molar refractivity (Wildman–Crippen MR) is 97.4 cm³/mol. The van der Waals surface area contributed by atoms with Crippen LogP contribution in [0.3, 0.4) is 0 Å². The molecule has 0 aromatic heterocycles. The minimum atomic E-state index is -0.260. The molecule has 25 heavy (non-hydrogen) atoms. The topological polar surface area (TPSA) is 52.6 Å². The van der Waals surface area contributed by atoms with E-state index in [-0.39, 0.29) is 18.2 Å². The summed E-state index contributed by atoms with van der Waals surface area (Å²) in [6, 6.07) is 12.5. The van der Waals surface area contributed by atoms with Gasteiger partial charge in [-0.15, -0.1) is 0 Å². The molecule has 0 aliphatic heterocycles. The number of carbonyl (C=O) groups is 2. The van der Waals surface area contributed by atoms with Gasteiger partial charge in [0, 0.05) is 24.0 Å². The van der Waals surface area contributed by atoms with E-state index >= 15 is 0 Å². The van der Waals surface area contributed by atoms with E-state index in [1.165, 1.54) is 0 Å². The van der Waals surface area contributed by atoms with Crippen LogP contribution in [0, 0.1) is 6.92 Å². The molecule has 0 N–H and O–H groups in total. The van der Waals surface area contributed by atoms with Crippen molar-refractivity contribution in [2.75, 3.05) is 7.11 Å². The maximum absolute atomic E-state index is 12.6. The monoisotopic (exact) mass is 340 g/mol. The van der Waals surface area contributed by atoms with Crippen LogP contribution in [-0.4, -0.2) is 18.9 Å². The van der Waals surface area contributed by atoms with Crippen molar-refractivity contribution in [3.63, 3.8) is 0 Å². The number of rotatable bonds is 8. The second kappa shape index (κ2) is 9.02. The van der Waals surface area contributed by atoms with E-state index in [9.17, 15) is 9.59 Å². The van der Waals surface area contributed by atoms with E-state index < -0.39 is 0 Å². The van der Waals surface area contributed by atoms with Crippen LogP contribution in [-0.2, 0) is 11.2 Å². The first-order valence-electron chi connectivity index (χ1n) is 8.51. The van der Waals surface area contributed by atoms with Crippen molar-refractivity contribution in [2.24, 2.45) is 0 Å². The standard InChI is InChI=1S/C21H24O4/c1-4-5-6-21(23)25-20-12-7-15(2)13-17(20)14-19(22)16-8-10-18(24-3)11-9-16/h7-13H,4-6,14H2,1-3H3. The van der Waals surface area contributed by atoms with Crippen molar-refractivity contribution in [1.82, 2.24) is 0 Å². The van der Waals surface area contributed by atoms with Crippen LogP contribution in [0.5, 0.6) is 11.5 Å². The molecule has 0 bridgehead atoms. The van der Waals surface area contributed by atoms with E-state index in [1.54, 1.807) is 37.4 Å². The van der Waals surface area contributed by atoms with Crippen molar-refractivity contribution < 1.29 is 19.1 Å². The third-order valence-electron chi connectivity index (χ3n) is 3.94. The van der Waals surface area contributed by atoms with Gasteiger partial charge in [-0.2, -0.15) is 0 Å². The summed E-state index contributed by atoms with van der Waals surface area (Å²) in [5.74, 6) is 0.883. The molecule has 4 heteroatoms. The fraction of sp³-hybridized carbons (Fsp3) is 0.333. The summed E-state index contributed by atoms with van der Waals surface area (Å²) in [5.41, 5.74) is 2.35. The number of ketones is 1. The summed E-state index contributed by atoms with van der Waals surface area (Å²) < 4.78 is 10.6. The molecule has 0 saturated carbocycles. The van der Waals surface area contributed by atoms with Crippen molar-refractivity contribution in [3.05, 3.63) is 59.2 Å². The third-order valence-corrected chi connectivity index (χ3v) is 3.94. The lowest BCUT2D eigenvalue weighted by atomic mass is 10.0. The van der Waals surface area contributed by atoms with Crippen LogP contribution >= 0.6 is 0 Å². The van der Waals surface area contributed by atoms with E-state index in [1.807, 2.05) is 26.0 Å². The zero-order valence-corrected chi connectivity index (χ0v) is 15.0. The minimum absolute atomic E-state index is 0.0286. The molecular weight excluding hydrogens is 316 g/mol. The van der Waals surface area contributed by atoms with Gasteiger partial charge in [-0.05, 0) is 43.7 Å². The van der Waals surface area contributed by atoms with E-state index in [0.29, 0.717) is 23.5 Å². The minimum Gasteiger partial charge on any atom is -0.497 e. The van der Waals surface area contributed by atoms with Crippen molar-refractivity contribution in [3.8, 4) is 11.5 Å². The van der Waals surface area contributed by atoms with Crippen LogP contribution in [0.4, 0.5) is 0 Å². The zero-order valence-electron chi connectivity index (χ0n) is 15.0. The number of esters is 1. The number of Topliss-reactive ketones (excluding diaryl/α,β-unsaturated/α-hetero) is 1. The normalized spacial score (nSPS) is 10.4. The molecule has 0 amide bonds. The van der Waals surface area contributed by atoms with Gasteiger partial charge in [0.1, 0.15) is 11.5 Å². The zero-order chi connectivity index (χ0) is 18.2. The van der Waals surface area contributed by atoms with Crippen molar-refractivity contribution in [1.29, 1.82) is 0 Å². The Morgan fingerprint density at radius 3 is 2.40 bits per heavy atom. The number of benzene rings is 2. The van der Waals surface area contributed by atoms with Gasteiger partial charge in [0.25, 0.3) is 0 Å². The van der Waals surface area contributed by atoms with Gasteiger partial charge < -0.3 is 9.47 Å². The molecule has 2 aromatic carbocycles. The van der Waals surface area contributed by atoms with Gasteiger partial charge in [-0.25, -0.2) is 0 Å². The van der Waals surface area contributed by atoms with Gasteiger partial charge in [-0.1, -0.05) is 31.0 Å². The Kier molecular flexibility index (Phi) is 6.75.